The Morgan fingerprint density at radius 3 is 2.28 bits per heavy atom. The number of thiophene rings is 1. The first-order valence-corrected chi connectivity index (χ1v) is 23.2. The normalized spacial score (nSPS) is 13.4. The van der Waals surface area contributed by atoms with E-state index in [4.69, 9.17) is 9.47 Å². The largest absolute Gasteiger partial charge is 0.678 e. The molecule has 4 N–H and O–H groups in total. The lowest BCUT2D eigenvalue weighted by Crippen LogP contribution is -2.32. The SMILES string of the molecule is O=C(CCCCCNC(=O)COc1ccc(/C=C/C2=NC(=C\c3ccc(-c4cccs4)n3B(F)F)/C=C2)cc1)NCCCCCCCCNC[C@H](O)COc1cccc2ccccc12. The number of amides is 2. The van der Waals surface area contributed by atoms with Gasteiger partial charge in [0.05, 0.1) is 17.1 Å². The molecule has 0 aliphatic carbocycles. The number of aliphatic hydroxyl groups excluding tert-OH is 1. The van der Waals surface area contributed by atoms with Crippen molar-refractivity contribution in [3.05, 3.63) is 132 Å². The van der Waals surface area contributed by atoms with Crippen molar-refractivity contribution in [3.63, 3.8) is 0 Å². The molecule has 0 saturated heterocycles. The van der Waals surface area contributed by atoms with Crippen LogP contribution in [0.2, 0.25) is 0 Å². The van der Waals surface area contributed by atoms with E-state index in [0.717, 1.165) is 95.8 Å². The number of aliphatic imine (C=N–C) groups is 1. The molecule has 1 aliphatic rings. The molecule has 2 aromatic heterocycles. The highest BCUT2D eigenvalue weighted by molar-refractivity contribution is 7.13. The molecule has 3 heterocycles. The van der Waals surface area contributed by atoms with Crippen LogP contribution >= 0.6 is 11.3 Å². The summed E-state index contributed by atoms with van der Waals surface area (Å²) in [5.41, 5.74) is 3.05. The van der Waals surface area contributed by atoms with E-state index in [2.05, 4.69) is 33.1 Å². The molecule has 0 spiro atoms. The lowest BCUT2D eigenvalue weighted by atomic mass is 10.1. The van der Waals surface area contributed by atoms with Crippen molar-refractivity contribution in [1.82, 2.24) is 20.4 Å². The second kappa shape index (κ2) is 26.1. The summed E-state index contributed by atoms with van der Waals surface area (Å²) in [6.07, 6.45) is 17.9. The van der Waals surface area contributed by atoms with Crippen LogP contribution in [-0.4, -0.2) is 80.0 Å². The standard InChI is InChI=1S/C50H58BF2N5O5S/c52-51(53)58-42(26-29-46(58)48-18-13-33-64-48)34-41-25-24-40(57-41)23-20-38-21-27-44(28-22-38)62-37-50(61)56-32-11-5-6-19-49(60)55-31-10-4-2-1-3-9-30-54-35-43(59)36-63-47-17-12-15-39-14-7-8-16-45(39)47/h7-8,12-18,20-29,33-34,43,54,59H,1-6,9-11,19,30-32,35-37H2,(H,55,60)(H,56,61)/b23-20+,41-34-/t43-/m0/s1. The van der Waals surface area contributed by atoms with Gasteiger partial charge >= 0.3 is 7.40 Å². The fraction of sp³-hybridized carbons (Fsp3) is 0.340. The van der Waals surface area contributed by atoms with Crippen LogP contribution in [0.1, 0.15) is 75.5 Å². The van der Waals surface area contributed by atoms with Crippen LogP contribution in [0.5, 0.6) is 11.5 Å². The zero-order valence-corrected chi connectivity index (χ0v) is 37.0. The Morgan fingerprint density at radius 2 is 1.50 bits per heavy atom. The molecule has 0 saturated carbocycles. The average Bonchev–Trinajstić information content (AvgIpc) is 4.10. The van der Waals surface area contributed by atoms with Crippen LogP contribution in [0.3, 0.4) is 0 Å². The molecule has 64 heavy (non-hydrogen) atoms. The summed E-state index contributed by atoms with van der Waals surface area (Å²) in [5.74, 6) is 1.24. The lowest BCUT2D eigenvalue weighted by molar-refractivity contribution is -0.123. The van der Waals surface area contributed by atoms with Crippen LogP contribution in [0.25, 0.3) is 33.5 Å². The minimum atomic E-state index is -2.68. The zero-order chi connectivity index (χ0) is 44.8. The zero-order valence-electron chi connectivity index (χ0n) is 36.2. The predicted molar refractivity (Wildman–Crippen MR) is 257 cm³/mol. The number of hydrogen-bond acceptors (Lipinski definition) is 8. The molecule has 3 aromatic carbocycles. The average molecular weight is 890 g/mol. The first-order chi connectivity index (χ1) is 31.3. The van der Waals surface area contributed by atoms with Gasteiger partial charge in [-0.15, -0.1) is 11.3 Å². The molecular weight excluding hydrogens is 831 g/mol. The number of unbranched alkanes of at least 4 members (excludes halogenated alkanes) is 7. The number of fused-ring (bicyclic) bond motifs is 1. The smallest absolute Gasteiger partial charge is 0.490 e. The van der Waals surface area contributed by atoms with Crippen molar-refractivity contribution >= 4 is 59.2 Å². The molecule has 0 unspecified atom stereocenters. The molecule has 0 bridgehead atoms. The van der Waals surface area contributed by atoms with Gasteiger partial charge in [-0.3, -0.25) is 18.2 Å². The van der Waals surface area contributed by atoms with Gasteiger partial charge in [0.1, 0.15) is 24.2 Å². The van der Waals surface area contributed by atoms with Crippen molar-refractivity contribution in [2.24, 2.45) is 4.99 Å². The van der Waals surface area contributed by atoms with E-state index >= 15 is 0 Å². The fourth-order valence-corrected chi connectivity index (χ4v) is 8.00. The van der Waals surface area contributed by atoms with Crippen LogP contribution in [0.15, 0.2) is 125 Å². The summed E-state index contributed by atoms with van der Waals surface area (Å²) in [7, 11) is -2.68. The predicted octanol–water partition coefficient (Wildman–Crippen LogP) is 9.75. The highest BCUT2D eigenvalue weighted by Gasteiger charge is 2.24. The van der Waals surface area contributed by atoms with Crippen LogP contribution in [0.4, 0.5) is 8.63 Å². The third kappa shape index (κ3) is 15.8. The van der Waals surface area contributed by atoms with E-state index in [0.29, 0.717) is 54.6 Å². The molecule has 1 aliphatic heterocycles. The van der Waals surface area contributed by atoms with Gasteiger partial charge in [-0.25, -0.2) is 4.99 Å². The molecule has 14 heteroatoms. The second-order valence-corrected chi connectivity index (χ2v) is 16.6. The Balaban J connectivity index is 0.725. The van der Waals surface area contributed by atoms with Gasteiger partial charge in [-0.05, 0) is 109 Å². The van der Waals surface area contributed by atoms with Gasteiger partial charge in [-0.1, -0.05) is 92.8 Å². The van der Waals surface area contributed by atoms with Crippen molar-refractivity contribution in [1.29, 1.82) is 0 Å². The maximum absolute atomic E-state index is 14.0. The molecule has 10 nitrogen and oxygen atoms in total. The van der Waals surface area contributed by atoms with E-state index in [-0.39, 0.29) is 25.0 Å². The summed E-state index contributed by atoms with van der Waals surface area (Å²) in [4.78, 5) is 29.9. The van der Waals surface area contributed by atoms with Gasteiger partial charge in [-0.2, -0.15) is 0 Å². The summed E-state index contributed by atoms with van der Waals surface area (Å²) in [5, 5.41) is 23.6. The molecule has 0 radical (unpaired) electrons. The molecule has 2 amide bonds. The number of hydrogen-bond donors (Lipinski definition) is 4. The number of aliphatic hydroxyl groups is 1. The fourth-order valence-electron chi connectivity index (χ4n) is 7.25. The van der Waals surface area contributed by atoms with Gasteiger partial charge in [0.15, 0.2) is 6.61 Å². The highest BCUT2D eigenvalue weighted by Crippen LogP contribution is 2.30. The summed E-state index contributed by atoms with van der Waals surface area (Å²) >= 11 is 1.42. The van der Waals surface area contributed by atoms with Gasteiger partial charge in [0.25, 0.3) is 5.91 Å². The Hall–Kier alpha value is -5.83. The third-order valence-corrected chi connectivity index (χ3v) is 11.6. The number of halogens is 2. The number of allylic oxidation sites excluding steroid dienone is 3. The monoisotopic (exact) mass is 889 g/mol. The van der Waals surface area contributed by atoms with Crippen molar-refractivity contribution in [2.45, 2.75) is 70.3 Å². The number of nitrogens with one attached hydrogen (secondary N) is 3. The quantitative estimate of drug-likeness (QED) is 0.0293. The van der Waals surface area contributed by atoms with Crippen molar-refractivity contribution in [3.8, 4) is 22.1 Å². The Kier molecular flexibility index (Phi) is 19.4. The molecule has 1 atom stereocenters. The Morgan fingerprint density at radius 1 is 0.766 bits per heavy atom. The van der Waals surface area contributed by atoms with Crippen molar-refractivity contribution in [2.75, 3.05) is 39.4 Å². The molecule has 0 fully saturated rings. The number of nitrogens with zero attached hydrogens (tertiary/aromatic N) is 2. The number of benzene rings is 3. The van der Waals surface area contributed by atoms with Crippen LogP contribution in [0, 0.1) is 0 Å². The highest BCUT2D eigenvalue weighted by atomic mass is 32.1. The lowest BCUT2D eigenvalue weighted by Gasteiger charge is -2.14. The number of aromatic nitrogens is 1. The van der Waals surface area contributed by atoms with E-state index in [1.807, 2.05) is 78.2 Å². The Bertz CT molecular complexity index is 2340. The summed E-state index contributed by atoms with van der Waals surface area (Å²) in [6, 6.07) is 28.4. The molecule has 5 aromatic rings. The van der Waals surface area contributed by atoms with E-state index in [1.54, 1.807) is 36.4 Å². The van der Waals surface area contributed by atoms with Crippen molar-refractivity contribution < 1.29 is 32.8 Å². The topological polar surface area (TPSA) is 126 Å². The second-order valence-electron chi connectivity index (χ2n) is 15.7. The Labute approximate surface area is 379 Å². The first-order valence-electron chi connectivity index (χ1n) is 22.3. The number of carbonyl (C=O) groups is 2. The number of rotatable bonds is 28. The molecular formula is C50H58BF2N5O5S. The summed E-state index contributed by atoms with van der Waals surface area (Å²) < 4.78 is 40.5. The third-order valence-electron chi connectivity index (χ3n) is 10.7. The van der Waals surface area contributed by atoms with Crippen LogP contribution < -0.4 is 25.4 Å². The minimum absolute atomic E-state index is 0.0743. The number of carbonyl (C=O) groups excluding carboxylic acids is 2. The van der Waals surface area contributed by atoms with Gasteiger partial charge in [0.2, 0.25) is 5.91 Å². The van der Waals surface area contributed by atoms with Crippen LogP contribution in [-0.2, 0) is 9.59 Å². The van der Waals surface area contributed by atoms with Gasteiger partial charge in [0, 0.05) is 42.0 Å². The summed E-state index contributed by atoms with van der Waals surface area (Å²) in [6.45, 7) is 2.75. The molecule has 336 valence electrons. The maximum Gasteiger partial charge on any atom is 0.678 e. The maximum atomic E-state index is 14.0. The van der Waals surface area contributed by atoms with E-state index in [9.17, 15) is 23.3 Å². The number of ether oxygens (including phenoxy) is 2. The minimum Gasteiger partial charge on any atom is -0.490 e. The molecule has 6 rings (SSSR count). The van der Waals surface area contributed by atoms with E-state index < -0.39 is 13.5 Å². The van der Waals surface area contributed by atoms with Gasteiger partial charge < -0.3 is 35.0 Å². The van der Waals surface area contributed by atoms with E-state index in [1.165, 1.54) is 11.3 Å². The first kappa shape index (κ1) is 47.6.